The van der Waals surface area contributed by atoms with Crippen molar-refractivity contribution in [1.29, 1.82) is 0 Å². The fourth-order valence-corrected chi connectivity index (χ4v) is 3.10. The van der Waals surface area contributed by atoms with Gasteiger partial charge in [-0.15, -0.1) is 0 Å². The molecule has 3 aromatic rings. The second-order valence-corrected chi connectivity index (χ2v) is 6.35. The predicted octanol–water partition coefficient (Wildman–Crippen LogP) is 5.02. The van der Waals surface area contributed by atoms with Gasteiger partial charge in [0, 0.05) is 11.5 Å². The zero-order chi connectivity index (χ0) is 18.9. The molecule has 0 saturated heterocycles. The summed E-state index contributed by atoms with van der Waals surface area (Å²) < 4.78 is 5.35. The third-order valence-electron chi connectivity index (χ3n) is 4.47. The van der Waals surface area contributed by atoms with Gasteiger partial charge in [0.25, 0.3) is 0 Å². The van der Waals surface area contributed by atoms with Crippen molar-refractivity contribution in [1.82, 2.24) is 0 Å². The van der Waals surface area contributed by atoms with Gasteiger partial charge in [0.15, 0.2) is 5.78 Å². The summed E-state index contributed by atoms with van der Waals surface area (Å²) in [5.41, 5.74) is 2.89. The summed E-state index contributed by atoms with van der Waals surface area (Å²) in [5.74, 6) is -0.558. The number of rotatable bonds is 8. The summed E-state index contributed by atoms with van der Waals surface area (Å²) in [6.07, 6.45) is 0.435. The number of hydrogen-bond acceptors (Lipinski definition) is 3. The molecule has 0 N–H and O–H groups in total. The van der Waals surface area contributed by atoms with Crippen molar-refractivity contribution >= 4 is 11.8 Å². The Labute approximate surface area is 159 Å². The molecule has 0 aromatic heterocycles. The minimum absolute atomic E-state index is 0.144. The zero-order valence-electron chi connectivity index (χ0n) is 15.1. The highest BCUT2D eigenvalue weighted by Crippen LogP contribution is 2.27. The molecule has 0 spiro atoms. The number of hydrogen-bond donors (Lipinski definition) is 0. The number of esters is 1. The number of ether oxygens (including phenoxy) is 1. The Kier molecular flexibility index (Phi) is 6.53. The van der Waals surface area contributed by atoms with Gasteiger partial charge in [0.1, 0.15) is 6.42 Å². The standard InChI is InChI=1S/C24H22O3/c25-23(21-14-8-3-9-15-21)18-24(26)27-17-16-22(19-10-4-1-5-11-19)20-12-6-2-7-13-20/h1-15,22H,16-18H2. The van der Waals surface area contributed by atoms with Crippen LogP contribution < -0.4 is 0 Å². The Bertz CT molecular complexity index is 818. The molecule has 0 aliphatic carbocycles. The lowest BCUT2D eigenvalue weighted by atomic mass is 9.89. The minimum Gasteiger partial charge on any atom is -0.465 e. The monoisotopic (exact) mass is 358 g/mol. The molecule has 0 amide bonds. The maximum absolute atomic E-state index is 12.1. The molecule has 3 aromatic carbocycles. The van der Waals surface area contributed by atoms with E-state index in [0.717, 1.165) is 0 Å². The molecule has 0 heterocycles. The van der Waals surface area contributed by atoms with Crippen molar-refractivity contribution in [3.8, 4) is 0 Å². The van der Waals surface area contributed by atoms with Gasteiger partial charge in [-0.25, -0.2) is 0 Å². The topological polar surface area (TPSA) is 43.4 Å². The largest absolute Gasteiger partial charge is 0.465 e. The van der Waals surface area contributed by atoms with Crippen LogP contribution >= 0.6 is 0 Å². The molecule has 3 heteroatoms. The van der Waals surface area contributed by atoms with Gasteiger partial charge in [0.2, 0.25) is 0 Å². The molecule has 0 bridgehead atoms. The van der Waals surface area contributed by atoms with Crippen molar-refractivity contribution in [2.45, 2.75) is 18.8 Å². The maximum Gasteiger partial charge on any atom is 0.313 e. The first-order valence-electron chi connectivity index (χ1n) is 9.08. The fourth-order valence-electron chi connectivity index (χ4n) is 3.10. The van der Waals surface area contributed by atoms with Gasteiger partial charge >= 0.3 is 5.97 Å². The van der Waals surface area contributed by atoms with E-state index in [1.54, 1.807) is 24.3 Å². The molecule has 0 fully saturated rings. The van der Waals surface area contributed by atoms with Crippen molar-refractivity contribution < 1.29 is 14.3 Å². The first kappa shape index (κ1) is 18.6. The summed E-state index contributed by atoms with van der Waals surface area (Å²) >= 11 is 0. The Hall–Kier alpha value is -3.20. The third kappa shape index (κ3) is 5.38. The van der Waals surface area contributed by atoms with Crippen LogP contribution in [-0.4, -0.2) is 18.4 Å². The van der Waals surface area contributed by atoms with Crippen LogP contribution in [0.15, 0.2) is 91.0 Å². The molecule has 0 radical (unpaired) electrons. The molecule has 0 saturated carbocycles. The molecular formula is C24H22O3. The molecule has 3 nitrogen and oxygen atoms in total. The SMILES string of the molecule is O=C(CC(=O)c1ccccc1)OCCC(c1ccccc1)c1ccccc1. The minimum atomic E-state index is -0.483. The highest BCUT2D eigenvalue weighted by atomic mass is 16.5. The molecule has 0 aliphatic rings. The Balaban J connectivity index is 1.58. The van der Waals surface area contributed by atoms with E-state index in [2.05, 4.69) is 24.3 Å². The summed E-state index contributed by atoms with van der Waals surface area (Å²) in [5, 5.41) is 0. The molecule has 27 heavy (non-hydrogen) atoms. The lowest BCUT2D eigenvalue weighted by Crippen LogP contribution is -2.14. The van der Waals surface area contributed by atoms with E-state index in [4.69, 9.17) is 4.74 Å². The van der Waals surface area contributed by atoms with E-state index in [9.17, 15) is 9.59 Å². The Morgan fingerprint density at radius 2 is 1.19 bits per heavy atom. The Morgan fingerprint density at radius 1 is 0.704 bits per heavy atom. The number of ketones is 1. The lowest BCUT2D eigenvalue weighted by Gasteiger charge is -2.18. The van der Waals surface area contributed by atoms with Gasteiger partial charge in [0.05, 0.1) is 6.61 Å². The summed E-state index contributed by atoms with van der Waals surface area (Å²) in [6, 6.07) is 29.1. The average molecular weight is 358 g/mol. The zero-order valence-corrected chi connectivity index (χ0v) is 15.1. The molecule has 0 atom stereocenters. The summed E-state index contributed by atoms with van der Waals surface area (Å²) in [6.45, 7) is 0.273. The summed E-state index contributed by atoms with van der Waals surface area (Å²) in [7, 11) is 0. The van der Waals surface area contributed by atoms with Crippen molar-refractivity contribution in [2.24, 2.45) is 0 Å². The number of carbonyl (C=O) groups is 2. The van der Waals surface area contributed by atoms with Crippen LogP contribution in [0.25, 0.3) is 0 Å². The maximum atomic E-state index is 12.1. The number of Topliss-reactive ketones (excluding diaryl/α,β-unsaturated/α-hetero) is 1. The van der Waals surface area contributed by atoms with Crippen LogP contribution in [0.2, 0.25) is 0 Å². The van der Waals surface area contributed by atoms with Crippen molar-refractivity contribution in [3.05, 3.63) is 108 Å². The Morgan fingerprint density at radius 3 is 1.70 bits per heavy atom. The first-order chi connectivity index (χ1) is 13.2. The van der Waals surface area contributed by atoms with Crippen LogP contribution in [0.5, 0.6) is 0 Å². The van der Waals surface area contributed by atoms with Gasteiger partial charge in [-0.05, 0) is 17.5 Å². The van der Waals surface area contributed by atoms with E-state index in [1.165, 1.54) is 11.1 Å². The smallest absolute Gasteiger partial charge is 0.313 e. The van der Waals surface area contributed by atoms with E-state index in [0.29, 0.717) is 12.0 Å². The lowest BCUT2D eigenvalue weighted by molar-refractivity contribution is -0.142. The number of carbonyl (C=O) groups excluding carboxylic acids is 2. The predicted molar refractivity (Wildman–Crippen MR) is 106 cm³/mol. The van der Waals surface area contributed by atoms with E-state index < -0.39 is 5.97 Å². The van der Waals surface area contributed by atoms with Gasteiger partial charge in [-0.1, -0.05) is 91.0 Å². The number of benzene rings is 3. The van der Waals surface area contributed by atoms with Gasteiger partial charge < -0.3 is 4.74 Å². The molecular weight excluding hydrogens is 336 g/mol. The molecule has 3 rings (SSSR count). The van der Waals surface area contributed by atoms with Crippen molar-refractivity contribution in [2.75, 3.05) is 6.61 Å². The molecule has 0 unspecified atom stereocenters. The molecule has 0 aliphatic heterocycles. The van der Waals surface area contributed by atoms with Crippen LogP contribution in [0, 0.1) is 0 Å². The van der Waals surface area contributed by atoms with E-state index >= 15 is 0 Å². The van der Waals surface area contributed by atoms with E-state index in [-0.39, 0.29) is 24.7 Å². The average Bonchev–Trinajstić information content (AvgIpc) is 2.73. The van der Waals surface area contributed by atoms with Gasteiger partial charge in [-0.3, -0.25) is 9.59 Å². The van der Waals surface area contributed by atoms with Crippen LogP contribution in [-0.2, 0) is 9.53 Å². The second kappa shape index (κ2) is 9.48. The highest BCUT2D eigenvalue weighted by Gasteiger charge is 2.16. The van der Waals surface area contributed by atoms with E-state index in [1.807, 2.05) is 42.5 Å². The fraction of sp³-hybridized carbons (Fsp3) is 0.167. The van der Waals surface area contributed by atoms with Crippen LogP contribution in [0.3, 0.4) is 0 Å². The second-order valence-electron chi connectivity index (χ2n) is 6.35. The van der Waals surface area contributed by atoms with Gasteiger partial charge in [-0.2, -0.15) is 0 Å². The van der Waals surface area contributed by atoms with Crippen LogP contribution in [0.1, 0.15) is 40.2 Å². The quantitative estimate of drug-likeness (QED) is 0.322. The van der Waals surface area contributed by atoms with Crippen LogP contribution in [0.4, 0.5) is 0 Å². The first-order valence-corrected chi connectivity index (χ1v) is 9.08. The van der Waals surface area contributed by atoms with Crippen molar-refractivity contribution in [3.63, 3.8) is 0 Å². The summed E-state index contributed by atoms with van der Waals surface area (Å²) in [4.78, 5) is 24.1. The highest BCUT2D eigenvalue weighted by molar-refractivity contribution is 6.05. The normalized spacial score (nSPS) is 10.6. The molecule has 136 valence electrons. The third-order valence-corrected chi connectivity index (χ3v) is 4.47.